The van der Waals surface area contributed by atoms with E-state index in [2.05, 4.69) is 37.4 Å². The van der Waals surface area contributed by atoms with Crippen LogP contribution in [0.15, 0.2) is 24.3 Å². The monoisotopic (exact) mass is 233 g/mol. The predicted octanol–water partition coefficient (Wildman–Crippen LogP) is 3.68. The second kappa shape index (κ2) is 6.06. The molecule has 1 heterocycles. The van der Waals surface area contributed by atoms with E-state index in [0.717, 1.165) is 12.4 Å². The van der Waals surface area contributed by atoms with E-state index in [9.17, 15) is 0 Å². The average Bonchev–Trinajstić information content (AvgIpc) is 2.74. The maximum Gasteiger partial charge on any atom is 0.124 e. The summed E-state index contributed by atoms with van der Waals surface area (Å²) in [6.45, 7) is 5.29. The van der Waals surface area contributed by atoms with Gasteiger partial charge < -0.3 is 10.1 Å². The molecule has 1 aromatic rings. The van der Waals surface area contributed by atoms with Crippen molar-refractivity contribution in [2.24, 2.45) is 0 Å². The Kier molecular flexibility index (Phi) is 4.43. The third-order valence-corrected chi connectivity index (χ3v) is 3.41. The van der Waals surface area contributed by atoms with E-state index in [-0.39, 0.29) is 0 Å². The SMILES string of the molecule is CCCC(CCC)NC1COc2ccccc21. The van der Waals surface area contributed by atoms with Gasteiger partial charge in [0.25, 0.3) is 0 Å². The smallest absolute Gasteiger partial charge is 0.124 e. The molecule has 0 spiro atoms. The van der Waals surface area contributed by atoms with Crippen molar-refractivity contribution in [2.45, 2.75) is 51.6 Å². The highest BCUT2D eigenvalue weighted by Crippen LogP contribution is 2.32. The van der Waals surface area contributed by atoms with Crippen LogP contribution in [-0.2, 0) is 0 Å². The lowest BCUT2D eigenvalue weighted by Gasteiger charge is -2.21. The van der Waals surface area contributed by atoms with Crippen molar-refractivity contribution in [2.75, 3.05) is 6.61 Å². The molecule has 17 heavy (non-hydrogen) atoms. The molecule has 1 aliphatic heterocycles. The van der Waals surface area contributed by atoms with Crippen LogP contribution >= 0.6 is 0 Å². The Balaban J connectivity index is 1.99. The fourth-order valence-electron chi connectivity index (χ4n) is 2.59. The fourth-order valence-corrected chi connectivity index (χ4v) is 2.59. The molecule has 1 unspecified atom stereocenters. The lowest BCUT2D eigenvalue weighted by molar-refractivity contribution is 0.288. The number of fused-ring (bicyclic) bond motifs is 1. The second-order valence-electron chi connectivity index (χ2n) is 4.84. The van der Waals surface area contributed by atoms with Gasteiger partial charge in [-0.15, -0.1) is 0 Å². The first-order valence-electron chi connectivity index (χ1n) is 6.83. The van der Waals surface area contributed by atoms with Gasteiger partial charge in [0, 0.05) is 11.6 Å². The molecular weight excluding hydrogens is 210 g/mol. The van der Waals surface area contributed by atoms with Gasteiger partial charge in [-0.2, -0.15) is 0 Å². The lowest BCUT2D eigenvalue weighted by Crippen LogP contribution is -2.33. The number of benzene rings is 1. The average molecular weight is 233 g/mol. The molecule has 94 valence electrons. The van der Waals surface area contributed by atoms with Crippen molar-refractivity contribution in [3.63, 3.8) is 0 Å². The highest BCUT2D eigenvalue weighted by molar-refractivity contribution is 5.39. The zero-order valence-electron chi connectivity index (χ0n) is 10.9. The van der Waals surface area contributed by atoms with Gasteiger partial charge in [-0.1, -0.05) is 44.9 Å². The van der Waals surface area contributed by atoms with Crippen LogP contribution < -0.4 is 10.1 Å². The quantitative estimate of drug-likeness (QED) is 0.809. The predicted molar refractivity (Wildman–Crippen MR) is 71.4 cm³/mol. The maximum atomic E-state index is 5.71. The summed E-state index contributed by atoms with van der Waals surface area (Å²) in [6, 6.07) is 9.38. The Morgan fingerprint density at radius 1 is 1.24 bits per heavy atom. The summed E-state index contributed by atoms with van der Waals surface area (Å²) < 4.78 is 5.71. The summed E-state index contributed by atoms with van der Waals surface area (Å²) in [5, 5.41) is 3.75. The molecule has 1 N–H and O–H groups in total. The molecule has 0 amide bonds. The van der Waals surface area contributed by atoms with E-state index in [1.54, 1.807) is 0 Å². The highest BCUT2D eigenvalue weighted by atomic mass is 16.5. The summed E-state index contributed by atoms with van der Waals surface area (Å²) in [4.78, 5) is 0. The molecule has 0 aromatic heterocycles. The molecule has 1 aliphatic rings. The van der Waals surface area contributed by atoms with Gasteiger partial charge in [0.05, 0.1) is 6.04 Å². The highest BCUT2D eigenvalue weighted by Gasteiger charge is 2.25. The van der Waals surface area contributed by atoms with Crippen LogP contribution in [0, 0.1) is 0 Å². The maximum absolute atomic E-state index is 5.71. The number of para-hydroxylation sites is 1. The molecule has 0 aliphatic carbocycles. The normalized spacial score (nSPS) is 18.2. The first-order chi connectivity index (χ1) is 8.35. The van der Waals surface area contributed by atoms with Crippen LogP contribution in [0.3, 0.4) is 0 Å². The Morgan fingerprint density at radius 3 is 2.65 bits per heavy atom. The van der Waals surface area contributed by atoms with Crippen molar-refractivity contribution >= 4 is 0 Å². The van der Waals surface area contributed by atoms with Crippen LogP contribution in [-0.4, -0.2) is 12.6 Å². The van der Waals surface area contributed by atoms with E-state index in [1.807, 2.05) is 6.07 Å². The Morgan fingerprint density at radius 2 is 1.94 bits per heavy atom. The van der Waals surface area contributed by atoms with Crippen LogP contribution in [0.5, 0.6) is 5.75 Å². The van der Waals surface area contributed by atoms with Gasteiger partial charge in [-0.25, -0.2) is 0 Å². The molecule has 0 bridgehead atoms. The number of hydrogen-bond donors (Lipinski definition) is 1. The van der Waals surface area contributed by atoms with Crippen LogP contribution in [0.4, 0.5) is 0 Å². The minimum Gasteiger partial charge on any atom is -0.491 e. The molecule has 1 atom stereocenters. The van der Waals surface area contributed by atoms with Crippen molar-refractivity contribution in [3.05, 3.63) is 29.8 Å². The molecule has 0 fully saturated rings. The first-order valence-corrected chi connectivity index (χ1v) is 6.83. The molecular formula is C15H23NO. The fraction of sp³-hybridized carbons (Fsp3) is 0.600. The zero-order chi connectivity index (χ0) is 12.1. The lowest BCUT2D eigenvalue weighted by atomic mass is 10.0. The summed E-state index contributed by atoms with van der Waals surface area (Å²) >= 11 is 0. The van der Waals surface area contributed by atoms with Gasteiger partial charge in [0.1, 0.15) is 12.4 Å². The topological polar surface area (TPSA) is 21.3 Å². The summed E-state index contributed by atoms with van der Waals surface area (Å²) in [5.41, 5.74) is 1.32. The molecule has 0 saturated carbocycles. The molecule has 0 saturated heterocycles. The zero-order valence-corrected chi connectivity index (χ0v) is 10.9. The van der Waals surface area contributed by atoms with Crippen molar-refractivity contribution in [1.29, 1.82) is 0 Å². The summed E-state index contributed by atoms with van der Waals surface area (Å²) in [6.07, 6.45) is 5.00. The number of rotatable bonds is 6. The summed E-state index contributed by atoms with van der Waals surface area (Å²) in [7, 11) is 0. The van der Waals surface area contributed by atoms with Crippen molar-refractivity contribution in [1.82, 2.24) is 5.32 Å². The van der Waals surface area contributed by atoms with Crippen LogP contribution in [0.1, 0.15) is 51.1 Å². The van der Waals surface area contributed by atoms with Crippen molar-refractivity contribution in [3.8, 4) is 5.75 Å². The van der Waals surface area contributed by atoms with E-state index < -0.39 is 0 Å². The number of hydrogen-bond acceptors (Lipinski definition) is 2. The van der Waals surface area contributed by atoms with E-state index in [0.29, 0.717) is 12.1 Å². The Hall–Kier alpha value is -1.02. The first kappa shape index (κ1) is 12.4. The van der Waals surface area contributed by atoms with Crippen molar-refractivity contribution < 1.29 is 4.74 Å². The molecule has 0 radical (unpaired) electrons. The summed E-state index contributed by atoms with van der Waals surface area (Å²) in [5.74, 6) is 1.05. The standard InChI is InChI=1S/C15H23NO/c1-3-7-12(8-4-2)16-14-11-17-15-10-6-5-9-13(14)15/h5-6,9-10,12,14,16H,3-4,7-8,11H2,1-2H3. The van der Waals surface area contributed by atoms with Gasteiger partial charge >= 0.3 is 0 Å². The Bertz CT molecular complexity index is 345. The van der Waals surface area contributed by atoms with Gasteiger partial charge in [-0.05, 0) is 18.9 Å². The minimum absolute atomic E-state index is 0.384. The molecule has 2 heteroatoms. The number of nitrogens with one attached hydrogen (secondary N) is 1. The largest absolute Gasteiger partial charge is 0.491 e. The van der Waals surface area contributed by atoms with Crippen LogP contribution in [0.2, 0.25) is 0 Å². The molecule has 1 aromatic carbocycles. The minimum atomic E-state index is 0.384. The van der Waals surface area contributed by atoms with E-state index in [1.165, 1.54) is 31.2 Å². The second-order valence-corrected chi connectivity index (χ2v) is 4.84. The Labute approximate surface area is 104 Å². The van der Waals surface area contributed by atoms with Gasteiger partial charge in [-0.3, -0.25) is 0 Å². The van der Waals surface area contributed by atoms with Gasteiger partial charge in [0.2, 0.25) is 0 Å². The van der Waals surface area contributed by atoms with Gasteiger partial charge in [0.15, 0.2) is 0 Å². The third-order valence-electron chi connectivity index (χ3n) is 3.41. The van der Waals surface area contributed by atoms with E-state index >= 15 is 0 Å². The molecule has 2 rings (SSSR count). The van der Waals surface area contributed by atoms with E-state index in [4.69, 9.17) is 4.74 Å². The van der Waals surface area contributed by atoms with Crippen LogP contribution in [0.25, 0.3) is 0 Å². The molecule has 2 nitrogen and oxygen atoms in total. The third kappa shape index (κ3) is 3.01. The number of ether oxygens (including phenoxy) is 1.